The van der Waals surface area contributed by atoms with Crippen molar-refractivity contribution in [2.24, 2.45) is 0 Å². The molecule has 0 fully saturated rings. The fourth-order valence-corrected chi connectivity index (χ4v) is 3.91. The van der Waals surface area contributed by atoms with E-state index in [1.54, 1.807) is 6.07 Å². The Morgan fingerprint density at radius 1 is 1.10 bits per heavy atom. The zero-order chi connectivity index (χ0) is 28.5. The molecule has 0 aliphatic rings. The van der Waals surface area contributed by atoms with Crippen molar-refractivity contribution in [3.63, 3.8) is 0 Å². The molecular formula is C26H17F3N4O6. The minimum absolute atomic E-state index is 0.00740. The molecule has 0 aliphatic carbocycles. The molecule has 10 nitrogen and oxygen atoms in total. The maximum absolute atomic E-state index is 13.9. The normalized spacial score (nSPS) is 11.1. The Kier molecular flexibility index (Phi) is 6.96. The second-order valence-electron chi connectivity index (χ2n) is 8.10. The Morgan fingerprint density at radius 2 is 1.82 bits per heavy atom. The summed E-state index contributed by atoms with van der Waals surface area (Å²) in [5.41, 5.74) is -2.24. The first kappa shape index (κ1) is 26.7. The van der Waals surface area contributed by atoms with E-state index in [0.717, 1.165) is 24.1 Å². The number of carboxylic acid groups (broad SMARTS) is 1. The van der Waals surface area contributed by atoms with Crippen LogP contribution in [-0.2, 0) is 10.9 Å². The monoisotopic (exact) mass is 538 g/mol. The lowest BCUT2D eigenvalue weighted by Gasteiger charge is -2.21. The van der Waals surface area contributed by atoms with Crippen molar-refractivity contribution in [3.8, 4) is 17.2 Å². The van der Waals surface area contributed by atoms with Gasteiger partial charge in [0, 0.05) is 18.7 Å². The molecule has 2 amide bonds. The zero-order valence-corrected chi connectivity index (χ0v) is 20.2. The Bertz CT molecular complexity index is 1670. The van der Waals surface area contributed by atoms with Gasteiger partial charge in [0.05, 0.1) is 46.6 Å². The highest BCUT2D eigenvalue weighted by Crippen LogP contribution is 2.42. The van der Waals surface area contributed by atoms with Crippen molar-refractivity contribution in [3.05, 3.63) is 77.0 Å². The summed E-state index contributed by atoms with van der Waals surface area (Å²) in [4.78, 5) is 38.0. The van der Waals surface area contributed by atoms with Gasteiger partial charge in [-0.25, -0.2) is 9.59 Å². The summed E-state index contributed by atoms with van der Waals surface area (Å²) in [6.07, 6.45) is -5.62. The number of aromatic carboxylic acids is 1. The van der Waals surface area contributed by atoms with Gasteiger partial charge in [-0.2, -0.15) is 18.4 Å². The predicted molar refractivity (Wildman–Crippen MR) is 131 cm³/mol. The highest BCUT2D eigenvalue weighted by Gasteiger charge is 2.35. The number of aromatic nitrogens is 1. The van der Waals surface area contributed by atoms with Crippen molar-refractivity contribution in [2.75, 3.05) is 24.4 Å². The van der Waals surface area contributed by atoms with E-state index in [2.05, 4.69) is 10.5 Å². The van der Waals surface area contributed by atoms with Gasteiger partial charge in [0.25, 0.3) is 5.91 Å². The highest BCUT2D eigenvalue weighted by atomic mass is 19.4. The van der Waals surface area contributed by atoms with Crippen molar-refractivity contribution in [2.45, 2.75) is 6.18 Å². The van der Waals surface area contributed by atoms with Crippen LogP contribution in [0.1, 0.15) is 32.0 Å². The smallest absolute Gasteiger partial charge is 0.417 e. The van der Waals surface area contributed by atoms with Gasteiger partial charge in [-0.05, 0) is 35.9 Å². The van der Waals surface area contributed by atoms with Gasteiger partial charge in [-0.1, -0.05) is 23.4 Å². The maximum Gasteiger partial charge on any atom is 0.417 e. The largest absolute Gasteiger partial charge is 0.478 e. The number of amides is 2. The van der Waals surface area contributed by atoms with Crippen molar-refractivity contribution in [1.29, 1.82) is 5.26 Å². The SMILES string of the molecule is COC(=O)N(C)c1cc2onc(C(=O)Nc3ccc(C#N)cc3C(=O)O)c2cc1-c1ccccc1C(F)(F)F. The number of benzene rings is 3. The number of carbonyl (C=O) groups is 3. The van der Waals surface area contributed by atoms with Crippen molar-refractivity contribution < 1.29 is 41.9 Å². The Balaban J connectivity index is 1.89. The first-order chi connectivity index (χ1) is 18.5. The maximum atomic E-state index is 13.9. The van der Waals surface area contributed by atoms with Gasteiger partial charge in [-0.3, -0.25) is 9.69 Å². The van der Waals surface area contributed by atoms with E-state index in [1.165, 1.54) is 49.5 Å². The lowest BCUT2D eigenvalue weighted by Crippen LogP contribution is -2.26. The van der Waals surface area contributed by atoms with Gasteiger partial charge in [0.2, 0.25) is 0 Å². The van der Waals surface area contributed by atoms with E-state index in [4.69, 9.17) is 14.5 Å². The number of carbonyl (C=O) groups excluding carboxylic acids is 2. The van der Waals surface area contributed by atoms with Crippen LogP contribution in [0.3, 0.4) is 0 Å². The zero-order valence-electron chi connectivity index (χ0n) is 20.2. The van der Waals surface area contributed by atoms with E-state index in [-0.39, 0.29) is 50.3 Å². The number of hydrogen-bond acceptors (Lipinski definition) is 7. The van der Waals surface area contributed by atoms with Crippen LogP contribution < -0.4 is 10.2 Å². The lowest BCUT2D eigenvalue weighted by molar-refractivity contribution is -0.137. The molecule has 0 unspecified atom stereocenters. The lowest BCUT2D eigenvalue weighted by atomic mass is 9.95. The third-order valence-electron chi connectivity index (χ3n) is 5.76. The molecule has 2 N–H and O–H groups in total. The molecule has 0 aliphatic heterocycles. The minimum Gasteiger partial charge on any atom is -0.478 e. The Hall–Kier alpha value is -5.38. The minimum atomic E-state index is -4.75. The van der Waals surface area contributed by atoms with Crippen LogP contribution in [-0.4, -0.2) is 42.4 Å². The van der Waals surface area contributed by atoms with Gasteiger partial charge >= 0.3 is 18.2 Å². The van der Waals surface area contributed by atoms with Crippen LogP contribution in [0.15, 0.2) is 59.1 Å². The van der Waals surface area contributed by atoms with Crippen LogP contribution >= 0.6 is 0 Å². The average molecular weight is 538 g/mol. The molecule has 0 saturated carbocycles. The molecular weight excluding hydrogens is 521 g/mol. The quantitative estimate of drug-likeness (QED) is 0.337. The third kappa shape index (κ3) is 5.08. The van der Waals surface area contributed by atoms with E-state index in [9.17, 15) is 32.7 Å². The molecule has 39 heavy (non-hydrogen) atoms. The van der Waals surface area contributed by atoms with Gasteiger partial charge in [-0.15, -0.1) is 0 Å². The number of ether oxygens (including phenoxy) is 1. The molecule has 0 radical (unpaired) electrons. The number of methoxy groups -OCH3 is 1. The molecule has 4 rings (SSSR count). The van der Waals surface area contributed by atoms with Crippen LogP contribution in [0.25, 0.3) is 22.1 Å². The number of anilines is 2. The average Bonchev–Trinajstić information content (AvgIpc) is 3.34. The number of nitrogens with zero attached hydrogens (tertiary/aromatic N) is 3. The van der Waals surface area contributed by atoms with Crippen molar-refractivity contribution >= 4 is 40.3 Å². The Morgan fingerprint density at radius 3 is 2.46 bits per heavy atom. The molecule has 13 heteroatoms. The molecule has 0 atom stereocenters. The van der Waals surface area contributed by atoms with Crippen LogP contribution in [0.5, 0.6) is 0 Å². The summed E-state index contributed by atoms with van der Waals surface area (Å²) < 4.78 is 51.6. The molecule has 0 saturated heterocycles. The summed E-state index contributed by atoms with van der Waals surface area (Å²) in [5.74, 6) is -2.33. The number of carboxylic acids is 1. The summed E-state index contributed by atoms with van der Waals surface area (Å²) in [6, 6.07) is 12.5. The number of halogens is 3. The molecule has 198 valence electrons. The van der Waals surface area contributed by atoms with Crippen LogP contribution in [0, 0.1) is 11.3 Å². The molecule has 1 aromatic heterocycles. The first-order valence-electron chi connectivity index (χ1n) is 11.0. The third-order valence-corrected chi connectivity index (χ3v) is 5.76. The standard InChI is InChI=1S/C26H17F3N4O6/c1-33(25(37)38-2)20-11-21-17(10-15(20)14-5-3-4-6-18(14)26(27,28)29)22(32-39-21)23(34)31-19-8-7-13(12-30)9-16(19)24(35)36/h3-11H,1-2H3,(H,31,34)(H,35,36). The fourth-order valence-electron chi connectivity index (χ4n) is 3.91. The summed E-state index contributed by atoms with van der Waals surface area (Å²) >= 11 is 0. The predicted octanol–water partition coefficient (Wildman–Crippen LogP) is 5.54. The van der Waals surface area contributed by atoms with Gasteiger partial charge in [0.1, 0.15) is 0 Å². The highest BCUT2D eigenvalue weighted by molar-refractivity contribution is 6.14. The van der Waals surface area contributed by atoms with Crippen LogP contribution in [0.4, 0.5) is 29.3 Å². The topological polar surface area (TPSA) is 146 Å². The number of hydrogen-bond donors (Lipinski definition) is 2. The van der Waals surface area contributed by atoms with Crippen molar-refractivity contribution in [1.82, 2.24) is 5.16 Å². The summed E-state index contributed by atoms with van der Waals surface area (Å²) in [5, 5.41) is 24.6. The Labute approximate surface area is 217 Å². The fraction of sp³-hybridized carbons (Fsp3) is 0.115. The molecule has 3 aromatic carbocycles. The number of rotatable bonds is 5. The number of alkyl halides is 3. The summed E-state index contributed by atoms with van der Waals surface area (Å²) in [7, 11) is 2.39. The van der Waals surface area contributed by atoms with Crippen LogP contribution in [0.2, 0.25) is 0 Å². The van der Waals surface area contributed by atoms with E-state index >= 15 is 0 Å². The van der Waals surface area contributed by atoms with Gasteiger partial charge in [0.15, 0.2) is 11.3 Å². The number of nitrogens with one attached hydrogen (secondary N) is 1. The summed E-state index contributed by atoms with van der Waals surface area (Å²) in [6.45, 7) is 0. The van der Waals surface area contributed by atoms with Gasteiger partial charge < -0.3 is 19.7 Å². The van der Waals surface area contributed by atoms with E-state index < -0.39 is 29.7 Å². The molecule has 1 heterocycles. The number of fused-ring (bicyclic) bond motifs is 1. The second-order valence-corrected chi connectivity index (χ2v) is 8.10. The van der Waals surface area contributed by atoms with E-state index in [1.807, 2.05) is 0 Å². The molecule has 0 bridgehead atoms. The second kappa shape index (κ2) is 10.2. The molecule has 4 aromatic rings. The number of nitriles is 1. The molecule has 0 spiro atoms. The first-order valence-corrected chi connectivity index (χ1v) is 11.0. The van der Waals surface area contributed by atoms with E-state index in [0.29, 0.717) is 0 Å².